The Morgan fingerprint density at radius 3 is 1.65 bits per heavy atom. The van der Waals surface area contributed by atoms with E-state index in [1.807, 2.05) is 54.6 Å². The Bertz CT molecular complexity index is 699. The van der Waals surface area contributed by atoms with Crippen molar-refractivity contribution < 1.29 is 5.11 Å². The van der Waals surface area contributed by atoms with Crippen LogP contribution in [0.1, 0.15) is 43.5 Å². The summed E-state index contributed by atoms with van der Waals surface area (Å²) in [5.74, 6) is 0.0282. The summed E-state index contributed by atoms with van der Waals surface area (Å²) in [4.78, 5) is 0. The van der Waals surface area contributed by atoms with Gasteiger partial charge in [0.25, 0.3) is 0 Å². The second-order valence-corrected chi connectivity index (χ2v) is 8.16. The Labute approximate surface area is 165 Å². The standard InChI is InChI=1S/C22H25Cl2NO/c1-4-13-22(26)14(2)20(16-5-9-18(23)10-6-16)25-21(15(22)3)17-7-11-19(24)12-8-17/h4-12,14-15,20-21,25-26H,1,13H2,2-3H3/t14-,15-,20+,21+/m0/s1. The monoisotopic (exact) mass is 389 g/mol. The van der Waals surface area contributed by atoms with E-state index in [0.717, 1.165) is 11.1 Å². The second-order valence-electron chi connectivity index (χ2n) is 7.29. The largest absolute Gasteiger partial charge is 0.389 e. The molecule has 0 unspecified atom stereocenters. The van der Waals surface area contributed by atoms with E-state index in [1.165, 1.54) is 0 Å². The van der Waals surface area contributed by atoms with Crippen molar-refractivity contribution in [3.63, 3.8) is 0 Å². The molecule has 2 aromatic rings. The fourth-order valence-electron chi connectivity index (χ4n) is 4.19. The summed E-state index contributed by atoms with van der Waals surface area (Å²) in [6.45, 7) is 8.08. The predicted octanol–water partition coefficient (Wildman–Crippen LogP) is 5.96. The van der Waals surface area contributed by atoms with Gasteiger partial charge in [0.1, 0.15) is 0 Å². The van der Waals surface area contributed by atoms with E-state index in [-0.39, 0.29) is 23.9 Å². The molecule has 138 valence electrons. The normalized spacial score (nSPS) is 31.6. The lowest BCUT2D eigenvalue weighted by molar-refractivity contribution is -0.108. The summed E-state index contributed by atoms with van der Waals surface area (Å²) in [6.07, 6.45) is 2.36. The van der Waals surface area contributed by atoms with Crippen LogP contribution in [0, 0.1) is 11.8 Å². The molecule has 0 amide bonds. The van der Waals surface area contributed by atoms with Crippen LogP contribution >= 0.6 is 23.2 Å². The van der Waals surface area contributed by atoms with Crippen LogP contribution in [0.5, 0.6) is 0 Å². The minimum absolute atomic E-state index is 0.00842. The van der Waals surface area contributed by atoms with Crippen molar-refractivity contribution in [2.45, 2.75) is 38.0 Å². The maximum absolute atomic E-state index is 11.6. The molecule has 1 fully saturated rings. The summed E-state index contributed by atoms with van der Waals surface area (Å²) in [5, 5.41) is 16.8. The van der Waals surface area contributed by atoms with Gasteiger partial charge >= 0.3 is 0 Å². The summed E-state index contributed by atoms with van der Waals surface area (Å²) < 4.78 is 0. The molecule has 0 radical (unpaired) electrons. The maximum Gasteiger partial charge on any atom is 0.0768 e. The van der Waals surface area contributed by atoms with Gasteiger partial charge in [0, 0.05) is 34.0 Å². The lowest BCUT2D eigenvalue weighted by atomic mass is 9.65. The Morgan fingerprint density at radius 2 is 1.31 bits per heavy atom. The third kappa shape index (κ3) is 3.57. The maximum atomic E-state index is 11.6. The molecule has 2 N–H and O–H groups in total. The van der Waals surface area contributed by atoms with Crippen molar-refractivity contribution in [1.29, 1.82) is 0 Å². The molecule has 4 heteroatoms. The van der Waals surface area contributed by atoms with Crippen LogP contribution in [0.4, 0.5) is 0 Å². The van der Waals surface area contributed by atoms with Gasteiger partial charge in [-0.05, 0) is 41.8 Å². The second kappa shape index (κ2) is 7.74. The number of hydrogen-bond acceptors (Lipinski definition) is 2. The Hall–Kier alpha value is -1.32. The Kier molecular flexibility index (Phi) is 5.78. The van der Waals surface area contributed by atoms with Crippen LogP contribution in [-0.2, 0) is 0 Å². The van der Waals surface area contributed by atoms with Gasteiger partial charge in [0.05, 0.1) is 5.60 Å². The molecule has 2 nitrogen and oxygen atoms in total. The van der Waals surface area contributed by atoms with Crippen molar-refractivity contribution in [3.8, 4) is 0 Å². The Balaban J connectivity index is 2.03. The molecule has 0 saturated carbocycles. The lowest BCUT2D eigenvalue weighted by Crippen LogP contribution is -2.57. The first-order valence-electron chi connectivity index (χ1n) is 8.97. The highest BCUT2D eigenvalue weighted by Gasteiger charge is 2.50. The molecule has 0 aliphatic carbocycles. The van der Waals surface area contributed by atoms with E-state index >= 15 is 0 Å². The smallest absolute Gasteiger partial charge is 0.0768 e. The van der Waals surface area contributed by atoms with E-state index in [9.17, 15) is 5.11 Å². The van der Waals surface area contributed by atoms with Crippen molar-refractivity contribution in [2.24, 2.45) is 11.8 Å². The molecular formula is C22H25Cl2NO. The van der Waals surface area contributed by atoms with Crippen LogP contribution in [-0.4, -0.2) is 10.7 Å². The zero-order valence-corrected chi connectivity index (χ0v) is 16.6. The zero-order valence-electron chi connectivity index (χ0n) is 15.1. The van der Waals surface area contributed by atoms with E-state index in [2.05, 4.69) is 25.7 Å². The summed E-state index contributed by atoms with van der Waals surface area (Å²) >= 11 is 12.1. The number of halogens is 2. The van der Waals surface area contributed by atoms with Crippen LogP contribution in [0.3, 0.4) is 0 Å². The molecule has 1 heterocycles. The van der Waals surface area contributed by atoms with Gasteiger partial charge in [-0.3, -0.25) is 0 Å². The molecule has 4 atom stereocenters. The molecule has 1 aliphatic heterocycles. The lowest BCUT2D eigenvalue weighted by Gasteiger charge is -2.52. The molecule has 0 aromatic heterocycles. The molecule has 1 saturated heterocycles. The van der Waals surface area contributed by atoms with Crippen molar-refractivity contribution >= 4 is 23.2 Å². The fourth-order valence-corrected chi connectivity index (χ4v) is 4.44. The van der Waals surface area contributed by atoms with Gasteiger partial charge in [-0.2, -0.15) is 0 Å². The number of benzene rings is 2. The van der Waals surface area contributed by atoms with E-state index in [0.29, 0.717) is 16.5 Å². The molecule has 0 spiro atoms. The van der Waals surface area contributed by atoms with E-state index in [1.54, 1.807) is 0 Å². The topological polar surface area (TPSA) is 32.3 Å². The van der Waals surface area contributed by atoms with Gasteiger partial charge in [0.15, 0.2) is 0 Å². The first-order valence-corrected chi connectivity index (χ1v) is 9.72. The first-order chi connectivity index (χ1) is 12.4. The van der Waals surface area contributed by atoms with E-state index < -0.39 is 5.60 Å². The van der Waals surface area contributed by atoms with Gasteiger partial charge in [-0.25, -0.2) is 0 Å². The molecule has 0 bridgehead atoms. The summed E-state index contributed by atoms with van der Waals surface area (Å²) in [6, 6.07) is 15.7. The molecule has 3 rings (SSSR count). The van der Waals surface area contributed by atoms with Crippen LogP contribution in [0.15, 0.2) is 61.2 Å². The Morgan fingerprint density at radius 1 is 0.923 bits per heavy atom. The number of hydrogen-bond donors (Lipinski definition) is 2. The number of aliphatic hydroxyl groups is 1. The number of piperidine rings is 1. The molecule has 2 aromatic carbocycles. The van der Waals surface area contributed by atoms with Crippen molar-refractivity contribution in [2.75, 3.05) is 0 Å². The SMILES string of the molecule is C=CCC1(O)[C@@H](C)[C@H](c2ccc(Cl)cc2)N[C@@H](c2ccc(Cl)cc2)[C@@H]1C. The average molecular weight is 390 g/mol. The van der Waals surface area contributed by atoms with E-state index in [4.69, 9.17) is 23.2 Å². The third-order valence-electron chi connectivity index (χ3n) is 5.87. The zero-order chi connectivity index (χ0) is 18.9. The minimum Gasteiger partial charge on any atom is -0.389 e. The van der Waals surface area contributed by atoms with Crippen LogP contribution in [0.2, 0.25) is 10.0 Å². The quantitative estimate of drug-likeness (QED) is 0.632. The van der Waals surface area contributed by atoms with Crippen molar-refractivity contribution in [1.82, 2.24) is 5.32 Å². The minimum atomic E-state index is -0.860. The van der Waals surface area contributed by atoms with Gasteiger partial charge < -0.3 is 10.4 Å². The van der Waals surface area contributed by atoms with Crippen LogP contribution < -0.4 is 5.32 Å². The highest BCUT2D eigenvalue weighted by molar-refractivity contribution is 6.30. The van der Waals surface area contributed by atoms with Gasteiger partial charge in [0.2, 0.25) is 0 Å². The predicted molar refractivity (Wildman–Crippen MR) is 110 cm³/mol. The third-order valence-corrected chi connectivity index (χ3v) is 6.37. The fraction of sp³-hybridized carbons (Fsp3) is 0.364. The van der Waals surface area contributed by atoms with Gasteiger partial charge in [-0.1, -0.05) is 67.4 Å². The summed E-state index contributed by atoms with van der Waals surface area (Å²) in [7, 11) is 0. The van der Waals surface area contributed by atoms with Crippen LogP contribution in [0.25, 0.3) is 0 Å². The molecule has 1 aliphatic rings. The van der Waals surface area contributed by atoms with Gasteiger partial charge in [-0.15, -0.1) is 6.58 Å². The number of rotatable bonds is 4. The average Bonchev–Trinajstić information content (AvgIpc) is 2.63. The molecule has 26 heavy (non-hydrogen) atoms. The highest BCUT2D eigenvalue weighted by atomic mass is 35.5. The van der Waals surface area contributed by atoms with Crippen molar-refractivity contribution in [3.05, 3.63) is 82.4 Å². The molecular weight excluding hydrogens is 365 g/mol. The first kappa shape index (κ1) is 19.4. The summed E-state index contributed by atoms with van der Waals surface area (Å²) in [5.41, 5.74) is 1.38. The number of nitrogens with one attached hydrogen (secondary N) is 1. The highest BCUT2D eigenvalue weighted by Crippen LogP contribution is 2.48.